The highest BCUT2D eigenvalue weighted by atomic mass is 32.2. The van der Waals surface area contributed by atoms with Gasteiger partial charge < -0.3 is 14.9 Å². The second-order valence-corrected chi connectivity index (χ2v) is 6.91. The van der Waals surface area contributed by atoms with Crippen LogP contribution in [0, 0.1) is 11.8 Å². The molecular formula is C13H22N2O3S. The summed E-state index contributed by atoms with van der Waals surface area (Å²) in [6, 6.07) is -0.759. The number of amides is 2. The number of piperidine rings is 1. The van der Waals surface area contributed by atoms with Gasteiger partial charge in [-0.3, -0.25) is 0 Å². The van der Waals surface area contributed by atoms with Crippen LogP contribution in [-0.4, -0.2) is 64.1 Å². The van der Waals surface area contributed by atoms with Gasteiger partial charge in [0.25, 0.3) is 0 Å². The van der Waals surface area contributed by atoms with Crippen LogP contribution in [0.3, 0.4) is 0 Å². The van der Waals surface area contributed by atoms with E-state index in [4.69, 9.17) is 0 Å². The highest BCUT2D eigenvalue weighted by Gasteiger charge is 2.36. The lowest BCUT2D eigenvalue weighted by atomic mass is 9.92. The molecule has 0 saturated carbocycles. The molecule has 0 spiro atoms. The normalized spacial score (nSPS) is 32.2. The first-order valence-electron chi connectivity index (χ1n) is 6.85. The summed E-state index contributed by atoms with van der Waals surface area (Å²) < 4.78 is 0. The van der Waals surface area contributed by atoms with Gasteiger partial charge in [-0.25, -0.2) is 9.59 Å². The van der Waals surface area contributed by atoms with Crippen LogP contribution in [-0.2, 0) is 4.79 Å². The number of carbonyl (C=O) groups is 2. The van der Waals surface area contributed by atoms with Crippen molar-refractivity contribution in [2.24, 2.45) is 11.8 Å². The van der Waals surface area contributed by atoms with E-state index in [1.54, 1.807) is 16.7 Å². The number of carboxylic acid groups (broad SMARTS) is 1. The van der Waals surface area contributed by atoms with Gasteiger partial charge in [0.1, 0.15) is 6.04 Å². The maximum Gasteiger partial charge on any atom is 0.327 e. The Balaban J connectivity index is 2.06. The lowest BCUT2D eigenvalue weighted by molar-refractivity contribution is -0.141. The van der Waals surface area contributed by atoms with Gasteiger partial charge in [0.05, 0.1) is 0 Å². The molecule has 5 nitrogen and oxygen atoms in total. The minimum Gasteiger partial charge on any atom is -0.480 e. The second kappa shape index (κ2) is 6.03. The van der Waals surface area contributed by atoms with E-state index < -0.39 is 12.0 Å². The predicted octanol–water partition coefficient (Wildman–Crippen LogP) is 1.59. The Kier molecular flexibility index (Phi) is 4.60. The fourth-order valence-electron chi connectivity index (χ4n) is 3.04. The van der Waals surface area contributed by atoms with Gasteiger partial charge in [-0.15, -0.1) is 0 Å². The number of thioether (sulfide) groups is 1. The van der Waals surface area contributed by atoms with E-state index in [1.165, 1.54) is 0 Å². The van der Waals surface area contributed by atoms with Crippen LogP contribution in [0.5, 0.6) is 0 Å². The summed E-state index contributed by atoms with van der Waals surface area (Å²) in [5.74, 6) is 1.43. The quantitative estimate of drug-likeness (QED) is 0.795. The maximum absolute atomic E-state index is 12.5. The standard InChI is InChI=1S/C13H22N2O3S/c1-9-5-10(2)7-14(6-9)13(18)15-3-4-19-8-11(15)12(16)17/h9-11H,3-8H2,1-2H3,(H,16,17). The summed E-state index contributed by atoms with van der Waals surface area (Å²) in [4.78, 5) is 27.2. The third kappa shape index (κ3) is 3.35. The summed E-state index contributed by atoms with van der Waals surface area (Å²) in [7, 11) is 0. The molecule has 3 unspecified atom stereocenters. The average Bonchev–Trinajstić information content (AvgIpc) is 2.36. The molecule has 0 bridgehead atoms. The highest BCUT2D eigenvalue weighted by molar-refractivity contribution is 7.99. The molecule has 3 atom stereocenters. The molecule has 2 rings (SSSR count). The molecule has 108 valence electrons. The van der Waals surface area contributed by atoms with Crippen molar-refractivity contribution in [2.75, 3.05) is 31.1 Å². The number of aliphatic carboxylic acids is 1. The van der Waals surface area contributed by atoms with Crippen LogP contribution in [0.2, 0.25) is 0 Å². The summed E-state index contributed by atoms with van der Waals surface area (Å²) >= 11 is 1.61. The van der Waals surface area contributed by atoms with Gasteiger partial charge in [-0.1, -0.05) is 13.8 Å². The van der Waals surface area contributed by atoms with E-state index in [2.05, 4.69) is 13.8 Å². The Labute approximate surface area is 118 Å². The fourth-order valence-corrected chi connectivity index (χ4v) is 4.08. The molecule has 2 aliphatic heterocycles. The number of carboxylic acids is 1. The summed E-state index contributed by atoms with van der Waals surface area (Å²) in [6.45, 7) is 6.34. The van der Waals surface area contributed by atoms with Crippen molar-refractivity contribution in [1.82, 2.24) is 9.80 Å². The molecule has 1 N–H and O–H groups in total. The first-order valence-corrected chi connectivity index (χ1v) is 8.00. The SMILES string of the molecule is CC1CC(C)CN(C(=O)N2CCSCC2C(=O)O)C1. The smallest absolute Gasteiger partial charge is 0.327 e. The number of hydrogen-bond acceptors (Lipinski definition) is 3. The van der Waals surface area contributed by atoms with E-state index in [-0.39, 0.29) is 6.03 Å². The Hall–Kier alpha value is -0.910. The van der Waals surface area contributed by atoms with Gasteiger partial charge in [0, 0.05) is 31.1 Å². The fraction of sp³-hybridized carbons (Fsp3) is 0.846. The Morgan fingerprint density at radius 1 is 1.21 bits per heavy atom. The summed E-state index contributed by atoms with van der Waals surface area (Å²) in [5.41, 5.74) is 0. The van der Waals surface area contributed by atoms with Crippen molar-refractivity contribution >= 4 is 23.8 Å². The Morgan fingerprint density at radius 2 is 1.84 bits per heavy atom. The van der Waals surface area contributed by atoms with Crippen molar-refractivity contribution in [3.05, 3.63) is 0 Å². The molecule has 2 saturated heterocycles. The number of urea groups is 1. The van der Waals surface area contributed by atoms with Gasteiger partial charge in [0.2, 0.25) is 0 Å². The van der Waals surface area contributed by atoms with Crippen LogP contribution >= 0.6 is 11.8 Å². The van der Waals surface area contributed by atoms with Crippen molar-refractivity contribution in [2.45, 2.75) is 26.3 Å². The minimum absolute atomic E-state index is 0.0916. The molecule has 2 amide bonds. The van der Waals surface area contributed by atoms with Crippen LogP contribution < -0.4 is 0 Å². The van der Waals surface area contributed by atoms with E-state index in [1.807, 2.05) is 4.90 Å². The number of rotatable bonds is 1. The molecular weight excluding hydrogens is 264 g/mol. The van der Waals surface area contributed by atoms with E-state index in [0.717, 1.165) is 25.3 Å². The monoisotopic (exact) mass is 286 g/mol. The van der Waals surface area contributed by atoms with Crippen LogP contribution in [0.15, 0.2) is 0 Å². The van der Waals surface area contributed by atoms with Crippen LogP contribution in [0.4, 0.5) is 4.79 Å². The first-order chi connectivity index (χ1) is 8.99. The molecule has 6 heteroatoms. The molecule has 0 aromatic rings. The van der Waals surface area contributed by atoms with Gasteiger partial charge in [-0.2, -0.15) is 11.8 Å². The minimum atomic E-state index is -0.890. The van der Waals surface area contributed by atoms with E-state index >= 15 is 0 Å². The number of likely N-dealkylation sites (tertiary alicyclic amines) is 1. The number of nitrogens with zero attached hydrogens (tertiary/aromatic N) is 2. The van der Waals surface area contributed by atoms with Crippen LogP contribution in [0.25, 0.3) is 0 Å². The Bertz CT molecular complexity index is 354. The lowest BCUT2D eigenvalue weighted by Gasteiger charge is -2.41. The third-order valence-corrected chi connectivity index (χ3v) is 4.82. The highest BCUT2D eigenvalue weighted by Crippen LogP contribution is 2.24. The Morgan fingerprint density at radius 3 is 2.42 bits per heavy atom. The third-order valence-electron chi connectivity index (χ3n) is 3.80. The average molecular weight is 286 g/mol. The maximum atomic E-state index is 12.5. The summed E-state index contributed by atoms with van der Waals surface area (Å²) in [6.07, 6.45) is 1.14. The van der Waals surface area contributed by atoms with Crippen molar-refractivity contribution < 1.29 is 14.7 Å². The van der Waals surface area contributed by atoms with Gasteiger partial charge in [0.15, 0.2) is 0 Å². The number of hydrogen-bond donors (Lipinski definition) is 1. The topological polar surface area (TPSA) is 60.9 Å². The van der Waals surface area contributed by atoms with Crippen molar-refractivity contribution in [1.29, 1.82) is 0 Å². The zero-order valence-electron chi connectivity index (χ0n) is 11.5. The molecule has 2 aliphatic rings. The number of carbonyl (C=O) groups excluding carboxylic acids is 1. The van der Waals surface area contributed by atoms with Gasteiger partial charge >= 0.3 is 12.0 Å². The first kappa shape index (κ1) is 14.5. The molecule has 0 aliphatic carbocycles. The molecule has 0 aromatic carbocycles. The predicted molar refractivity (Wildman–Crippen MR) is 75.4 cm³/mol. The zero-order chi connectivity index (χ0) is 14.0. The van der Waals surface area contributed by atoms with Crippen molar-refractivity contribution in [3.63, 3.8) is 0 Å². The molecule has 0 aromatic heterocycles. The van der Waals surface area contributed by atoms with Crippen LogP contribution in [0.1, 0.15) is 20.3 Å². The molecule has 2 fully saturated rings. The van der Waals surface area contributed by atoms with E-state index in [9.17, 15) is 14.7 Å². The van der Waals surface area contributed by atoms with Crippen molar-refractivity contribution in [3.8, 4) is 0 Å². The zero-order valence-corrected chi connectivity index (χ0v) is 12.4. The molecule has 19 heavy (non-hydrogen) atoms. The second-order valence-electron chi connectivity index (χ2n) is 5.76. The summed E-state index contributed by atoms with van der Waals surface area (Å²) in [5, 5.41) is 9.23. The van der Waals surface area contributed by atoms with Gasteiger partial charge in [-0.05, 0) is 18.3 Å². The molecule has 0 radical (unpaired) electrons. The largest absolute Gasteiger partial charge is 0.480 e. The lowest BCUT2D eigenvalue weighted by Crippen LogP contribution is -2.57. The molecule has 2 heterocycles. The van der Waals surface area contributed by atoms with E-state index in [0.29, 0.717) is 24.1 Å².